The number of carbonyl (C=O) groups is 1. The summed E-state index contributed by atoms with van der Waals surface area (Å²) in [4.78, 5) is 24.7. The van der Waals surface area contributed by atoms with E-state index in [9.17, 15) is 9.59 Å². The Labute approximate surface area is 79.8 Å². The second-order valence-electron chi connectivity index (χ2n) is 3.65. The lowest BCUT2D eigenvalue weighted by molar-refractivity contribution is -0.141. The molecule has 0 aliphatic carbocycles. The Kier molecular flexibility index (Phi) is 1.64. The first-order chi connectivity index (χ1) is 6.53. The molecular weight excluding hydrogens is 184 g/mol. The number of nitrogens with one attached hydrogen (secondary N) is 2. The van der Waals surface area contributed by atoms with Crippen molar-refractivity contribution in [3.8, 4) is 0 Å². The van der Waals surface area contributed by atoms with E-state index in [1.807, 2.05) is 0 Å². The van der Waals surface area contributed by atoms with Gasteiger partial charge in [-0.1, -0.05) is 0 Å². The van der Waals surface area contributed by atoms with Crippen molar-refractivity contribution in [2.75, 3.05) is 5.32 Å². The molecule has 14 heavy (non-hydrogen) atoms. The molecule has 5 heteroatoms. The molecule has 3 N–H and O–H groups in total. The number of aliphatic carboxylic acids is 1. The number of hydrogen-bond donors (Lipinski definition) is 3. The smallest absolute Gasteiger partial charge is 0.329 e. The largest absolute Gasteiger partial charge is 0.480 e. The van der Waals surface area contributed by atoms with Gasteiger partial charge >= 0.3 is 5.97 Å². The van der Waals surface area contributed by atoms with Gasteiger partial charge in [-0.2, -0.15) is 0 Å². The number of fused-ring (bicyclic) bond motifs is 1. The topological polar surface area (TPSA) is 82.2 Å². The van der Waals surface area contributed by atoms with Crippen LogP contribution in [-0.2, 0) is 11.2 Å². The van der Waals surface area contributed by atoms with Crippen molar-refractivity contribution in [2.45, 2.75) is 18.9 Å². The van der Waals surface area contributed by atoms with E-state index in [0.717, 1.165) is 5.56 Å². The minimum Gasteiger partial charge on any atom is -0.480 e. The van der Waals surface area contributed by atoms with Gasteiger partial charge < -0.3 is 15.4 Å². The Bertz CT molecular complexity index is 452. The third kappa shape index (κ3) is 1.09. The first kappa shape index (κ1) is 8.80. The van der Waals surface area contributed by atoms with Crippen molar-refractivity contribution >= 4 is 11.7 Å². The molecule has 0 saturated heterocycles. The lowest BCUT2D eigenvalue weighted by atomic mass is 9.98. The van der Waals surface area contributed by atoms with Crippen molar-refractivity contribution in [1.29, 1.82) is 0 Å². The molecule has 1 unspecified atom stereocenters. The van der Waals surface area contributed by atoms with Crippen LogP contribution in [0.1, 0.15) is 12.5 Å². The molecule has 2 rings (SSSR count). The molecule has 74 valence electrons. The maximum Gasteiger partial charge on any atom is 0.329 e. The van der Waals surface area contributed by atoms with Crippen LogP contribution in [0.2, 0.25) is 0 Å². The quantitative estimate of drug-likeness (QED) is 0.595. The van der Waals surface area contributed by atoms with Gasteiger partial charge in [0, 0.05) is 12.6 Å². The van der Waals surface area contributed by atoms with Gasteiger partial charge in [0.25, 0.3) is 5.56 Å². The lowest BCUT2D eigenvalue weighted by Crippen LogP contribution is -2.42. The first-order valence-electron chi connectivity index (χ1n) is 4.25. The molecule has 0 bridgehead atoms. The molecule has 0 radical (unpaired) electrons. The summed E-state index contributed by atoms with van der Waals surface area (Å²) in [5.41, 5.74) is -0.208. The van der Waals surface area contributed by atoms with E-state index in [1.165, 1.54) is 6.20 Å². The van der Waals surface area contributed by atoms with Gasteiger partial charge in [0.15, 0.2) is 0 Å². The summed E-state index contributed by atoms with van der Waals surface area (Å²) in [6.07, 6.45) is 1.86. The van der Waals surface area contributed by atoms with Crippen LogP contribution in [0.25, 0.3) is 0 Å². The molecular formula is C9H10N2O3. The molecule has 0 aromatic carbocycles. The predicted octanol–water partition coefficient (Wildman–Crippen LogP) is 0.186. The number of aromatic nitrogens is 1. The summed E-state index contributed by atoms with van der Waals surface area (Å²) in [5.74, 6) is -0.951. The second kappa shape index (κ2) is 2.60. The van der Waals surface area contributed by atoms with Crippen molar-refractivity contribution in [3.63, 3.8) is 0 Å². The zero-order valence-corrected chi connectivity index (χ0v) is 7.63. The second-order valence-corrected chi connectivity index (χ2v) is 3.65. The molecule has 1 atom stereocenters. The van der Waals surface area contributed by atoms with Crippen molar-refractivity contribution in [2.24, 2.45) is 0 Å². The van der Waals surface area contributed by atoms with Crippen LogP contribution >= 0.6 is 0 Å². The molecule has 5 nitrogen and oxygen atoms in total. The van der Waals surface area contributed by atoms with E-state index in [-0.39, 0.29) is 5.56 Å². The average Bonchev–Trinajstić information content (AvgIpc) is 2.45. The van der Waals surface area contributed by atoms with E-state index < -0.39 is 11.5 Å². The van der Waals surface area contributed by atoms with Gasteiger partial charge in [-0.05, 0) is 18.6 Å². The number of carboxylic acids is 1. The maximum atomic E-state index is 11.3. The molecule has 1 aromatic rings. The fourth-order valence-electron chi connectivity index (χ4n) is 1.63. The molecule has 0 spiro atoms. The van der Waals surface area contributed by atoms with Crippen molar-refractivity contribution in [1.82, 2.24) is 4.98 Å². The molecule has 1 aromatic heterocycles. The van der Waals surface area contributed by atoms with Crippen LogP contribution < -0.4 is 10.9 Å². The van der Waals surface area contributed by atoms with E-state index in [4.69, 9.17) is 5.11 Å². The van der Waals surface area contributed by atoms with Gasteiger partial charge in [-0.15, -0.1) is 0 Å². The summed E-state index contributed by atoms with van der Waals surface area (Å²) in [5, 5.41) is 11.7. The summed E-state index contributed by atoms with van der Waals surface area (Å²) >= 11 is 0. The van der Waals surface area contributed by atoms with E-state index >= 15 is 0 Å². The number of H-pyrrole nitrogens is 1. The van der Waals surface area contributed by atoms with Crippen LogP contribution in [0, 0.1) is 0 Å². The molecule has 0 amide bonds. The molecule has 1 aliphatic heterocycles. The monoisotopic (exact) mass is 194 g/mol. The Morgan fingerprint density at radius 2 is 2.36 bits per heavy atom. The standard InChI is InChI=1S/C9H10N2O3/c1-9(8(13)14)4-5-2-3-10-7(12)6(5)11-9/h2-3,11H,4H2,1H3,(H,10,12)(H,13,14). The van der Waals surface area contributed by atoms with Crippen molar-refractivity contribution in [3.05, 3.63) is 28.2 Å². The molecule has 0 fully saturated rings. The third-order valence-electron chi connectivity index (χ3n) is 2.46. The number of pyridine rings is 1. The highest BCUT2D eigenvalue weighted by molar-refractivity contribution is 5.85. The number of aromatic amines is 1. The summed E-state index contributed by atoms with van der Waals surface area (Å²) in [7, 11) is 0. The van der Waals surface area contributed by atoms with Crippen LogP contribution in [0.4, 0.5) is 5.69 Å². The summed E-state index contributed by atoms with van der Waals surface area (Å²) in [6.45, 7) is 1.56. The Morgan fingerprint density at radius 1 is 1.64 bits per heavy atom. The van der Waals surface area contributed by atoms with E-state index in [0.29, 0.717) is 12.1 Å². The minimum absolute atomic E-state index is 0.271. The number of anilines is 1. The highest BCUT2D eigenvalue weighted by Crippen LogP contribution is 2.28. The Morgan fingerprint density at radius 3 is 2.93 bits per heavy atom. The molecule has 1 aliphatic rings. The Balaban J connectivity index is 2.49. The van der Waals surface area contributed by atoms with Crippen LogP contribution in [0.15, 0.2) is 17.1 Å². The maximum absolute atomic E-state index is 11.3. The fourth-order valence-corrected chi connectivity index (χ4v) is 1.63. The highest BCUT2D eigenvalue weighted by atomic mass is 16.4. The van der Waals surface area contributed by atoms with Gasteiger partial charge in [-0.3, -0.25) is 4.79 Å². The summed E-state index contributed by atoms with van der Waals surface area (Å²) < 4.78 is 0. The van der Waals surface area contributed by atoms with Gasteiger partial charge in [0.05, 0.1) is 0 Å². The summed E-state index contributed by atoms with van der Waals surface area (Å²) in [6, 6.07) is 1.72. The first-order valence-corrected chi connectivity index (χ1v) is 4.25. The number of hydrogen-bond acceptors (Lipinski definition) is 3. The van der Waals surface area contributed by atoms with Gasteiger partial charge in [-0.25, -0.2) is 4.79 Å². The SMILES string of the molecule is CC1(C(=O)O)Cc2cc[nH]c(=O)c2N1. The lowest BCUT2D eigenvalue weighted by Gasteiger charge is -2.18. The van der Waals surface area contributed by atoms with Gasteiger partial charge in [0.2, 0.25) is 0 Å². The zero-order chi connectivity index (χ0) is 10.3. The number of carboxylic acid groups (broad SMARTS) is 1. The highest BCUT2D eigenvalue weighted by Gasteiger charge is 2.40. The third-order valence-corrected chi connectivity index (χ3v) is 2.46. The number of rotatable bonds is 1. The average molecular weight is 194 g/mol. The van der Waals surface area contributed by atoms with Crippen LogP contribution in [0.5, 0.6) is 0 Å². The minimum atomic E-state index is -1.06. The molecule has 2 heterocycles. The van der Waals surface area contributed by atoms with E-state index in [1.54, 1.807) is 13.0 Å². The zero-order valence-electron chi connectivity index (χ0n) is 7.63. The fraction of sp³-hybridized carbons (Fsp3) is 0.333. The normalized spacial score (nSPS) is 24.1. The van der Waals surface area contributed by atoms with Crippen LogP contribution in [0.3, 0.4) is 0 Å². The van der Waals surface area contributed by atoms with Crippen LogP contribution in [-0.4, -0.2) is 21.6 Å². The molecule has 0 saturated carbocycles. The van der Waals surface area contributed by atoms with E-state index in [2.05, 4.69) is 10.3 Å². The Hall–Kier alpha value is -1.78. The predicted molar refractivity (Wildman–Crippen MR) is 50.4 cm³/mol. The van der Waals surface area contributed by atoms with Crippen molar-refractivity contribution < 1.29 is 9.90 Å². The van der Waals surface area contributed by atoms with Gasteiger partial charge in [0.1, 0.15) is 11.2 Å².